The fourth-order valence-electron chi connectivity index (χ4n) is 1.64. The van der Waals surface area contributed by atoms with Gasteiger partial charge in [0.25, 0.3) is 0 Å². The normalized spacial score (nSPS) is 10.7. The Morgan fingerprint density at radius 1 is 1.50 bits per heavy atom. The lowest BCUT2D eigenvalue weighted by atomic mass is 10.1. The molecular weight excluding hydrogens is 198 g/mol. The Morgan fingerprint density at radius 2 is 2.29 bits per heavy atom. The first-order valence-corrected chi connectivity index (χ1v) is 4.80. The van der Waals surface area contributed by atoms with Crippen molar-refractivity contribution in [3.63, 3.8) is 0 Å². The first-order valence-electron chi connectivity index (χ1n) is 4.42. The van der Waals surface area contributed by atoms with Gasteiger partial charge in [-0.3, -0.25) is 0 Å². The van der Waals surface area contributed by atoms with Gasteiger partial charge in [-0.2, -0.15) is 0 Å². The van der Waals surface area contributed by atoms with E-state index in [-0.39, 0.29) is 0 Å². The van der Waals surface area contributed by atoms with Crippen LogP contribution >= 0.6 is 11.6 Å². The number of rotatable bonds is 2. The fourth-order valence-corrected chi connectivity index (χ4v) is 1.79. The van der Waals surface area contributed by atoms with E-state index in [1.807, 2.05) is 25.3 Å². The van der Waals surface area contributed by atoms with Crippen LogP contribution in [0.5, 0.6) is 0 Å². The summed E-state index contributed by atoms with van der Waals surface area (Å²) in [5, 5.41) is 1.83. The monoisotopic (exact) mass is 207 g/mol. The van der Waals surface area contributed by atoms with E-state index in [1.54, 1.807) is 0 Å². The van der Waals surface area contributed by atoms with Crippen molar-refractivity contribution < 1.29 is 4.79 Å². The molecule has 0 spiro atoms. The maximum absolute atomic E-state index is 10.4. The zero-order valence-corrected chi connectivity index (χ0v) is 8.56. The van der Waals surface area contributed by atoms with Crippen molar-refractivity contribution in [2.45, 2.75) is 13.3 Å². The number of benzene rings is 1. The highest BCUT2D eigenvalue weighted by Crippen LogP contribution is 2.26. The van der Waals surface area contributed by atoms with Gasteiger partial charge in [0.2, 0.25) is 0 Å². The minimum atomic E-state index is 0.446. The smallest absolute Gasteiger partial charge is 0.124 e. The van der Waals surface area contributed by atoms with Crippen LogP contribution in [0.4, 0.5) is 0 Å². The molecule has 2 rings (SSSR count). The predicted molar refractivity (Wildman–Crippen MR) is 57.8 cm³/mol. The van der Waals surface area contributed by atoms with E-state index >= 15 is 0 Å². The number of fused-ring (bicyclic) bond motifs is 1. The van der Waals surface area contributed by atoms with E-state index in [0.717, 1.165) is 33.3 Å². The summed E-state index contributed by atoms with van der Waals surface area (Å²) in [7, 11) is 0. The number of aromatic amines is 1. The van der Waals surface area contributed by atoms with E-state index < -0.39 is 0 Å². The lowest BCUT2D eigenvalue weighted by molar-refractivity contribution is -0.107. The van der Waals surface area contributed by atoms with Crippen molar-refractivity contribution in [1.29, 1.82) is 0 Å². The highest BCUT2D eigenvalue weighted by atomic mass is 35.5. The molecule has 0 amide bonds. The number of hydrogen-bond acceptors (Lipinski definition) is 1. The second-order valence-corrected chi connectivity index (χ2v) is 3.69. The van der Waals surface area contributed by atoms with Gasteiger partial charge in [-0.05, 0) is 24.1 Å². The molecule has 0 aliphatic carbocycles. The van der Waals surface area contributed by atoms with E-state index in [4.69, 9.17) is 11.6 Å². The molecule has 14 heavy (non-hydrogen) atoms. The van der Waals surface area contributed by atoms with Crippen molar-refractivity contribution >= 4 is 28.8 Å². The second kappa shape index (κ2) is 3.46. The first-order chi connectivity index (χ1) is 6.74. The molecule has 3 heteroatoms. The zero-order valence-electron chi connectivity index (χ0n) is 7.80. The van der Waals surface area contributed by atoms with E-state index in [0.29, 0.717) is 6.42 Å². The van der Waals surface area contributed by atoms with Crippen molar-refractivity contribution in [2.75, 3.05) is 0 Å². The highest BCUT2D eigenvalue weighted by Gasteiger charge is 2.06. The van der Waals surface area contributed by atoms with E-state index in [9.17, 15) is 4.79 Å². The van der Waals surface area contributed by atoms with Crippen molar-refractivity contribution in [2.24, 2.45) is 0 Å². The van der Waals surface area contributed by atoms with Crippen LogP contribution in [0.3, 0.4) is 0 Å². The van der Waals surface area contributed by atoms with Gasteiger partial charge in [-0.25, -0.2) is 0 Å². The standard InChI is InChI=1S/C11H10ClNO/c1-7-10(12)3-2-9-8(4-5-14)6-13-11(7)9/h2-3,5-6,13H,4H2,1H3. The van der Waals surface area contributed by atoms with Crippen LogP contribution in [-0.4, -0.2) is 11.3 Å². The minimum Gasteiger partial charge on any atom is -0.361 e. The van der Waals surface area contributed by atoms with Crippen molar-refractivity contribution in [1.82, 2.24) is 4.98 Å². The van der Waals surface area contributed by atoms with Crippen molar-refractivity contribution in [3.8, 4) is 0 Å². The summed E-state index contributed by atoms with van der Waals surface area (Å²) in [5.41, 5.74) is 3.07. The van der Waals surface area contributed by atoms with Gasteiger partial charge >= 0.3 is 0 Å². The zero-order chi connectivity index (χ0) is 10.1. The molecule has 0 unspecified atom stereocenters. The largest absolute Gasteiger partial charge is 0.361 e. The molecular formula is C11H10ClNO. The first kappa shape index (κ1) is 9.28. The Kier molecular flexibility index (Phi) is 2.30. The number of hydrogen-bond donors (Lipinski definition) is 1. The Balaban J connectivity index is 2.70. The Hall–Kier alpha value is -1.28. The number of halogens is 1. The third-order valence-electron chi connectivity index (χ3n) is 2.44. The summed E-state index contributed by atoms with van der Waals surface area (Å²) in [4.78, 5) is 13.6. The van der Waals surface area contributed by atoms with E-state index in [2.05, 4.69) is 4.98 Å². The molecule has 1 N–H and O–H groups in total. The maximum atomic E-state index is 10.4. The van der Waals surface area contributed by atoms with Crippen LogP contribution in [0.2, 0.25) is 5.02 Å². The molecule has 0 atom stereocenters. The number of aryl methyl sites for hydroxylation is 1. The quantitative estimate of drug-likeness (QED) is 0.755. The highest BCUT2D eigenvalue weighted by molar-refractivity contribution is 6.32. The molecule has 0 bridgehead atoms. The third kappa shape index (κ3) is 1.32. The molecule has 0 fully saturated rings. The number of H-pyrrole nitrogens is 1. The third-order valence-corrected chi connectivity index (χ3v) is 2.85. The molecule has 2 aromatic rings. The van der Waals surface area contributed by atoms with Crippen LogP contribution in [0.1, 0.15) is 11.1 Å². The fraction of sp³-hybridized carbons (Fsp3) is 0.182. The molecule has 72 valence electrons. The molecule has 0 aliphatic heterocycles. The van der Waals surface area contributed by atoms with Gasteiger partial charge in [-0.1, -0.05) is 17.7 Å². The molecule has 0 radical (unpaired) electrons. The summed E-state index contributed by atoms with van der Waals surface area (Å²) < 4.78 is 0. The van der Waals surface area contributed by atoms with Gasteiger partial charge in [0.15, 0.2) is 0 Å². The van der Waals surface area contributed by atoms with Crippen LogP contribution < -0.4 is 0 Å². The summed E-state index contributed by atoms with van der Waals surface area (Å²) in [5.74, 6) is 0. The summed E-state index contributed by atoms with van der Waals surface area (Å²) in [6, 6.07) is 3.81. The molecule has 0 aliphatic rings. The van der Waals surface area contributed by atoms with Crippen LogP contribution in [-0.2, 0) is 11.2 Å². The second-order valence-electron chi connectivity index (χ2n) is 3.28. The number of carbonyl (C=O) groups is 1. The van der Waals surface area contributed by atoms with Crippen molar-refractivity contribution in [3.05, 3.63) is 34.5 Å². The van der Waals surface area contributed by atoms with Crippen LogP contribution in [0.15, 0.2) is 18.3 Å². The Labute approximate surface area is 86.9 Å². The van der Waals surface area contributed by atoms with Gasteiger partial charge in [0.1, 0.15) is 6.29 Å². The molecule has 0 saturated heterocycles. The molecule has 1 heterocycles. The molecule has 0 saturated carbocycles. The summed E-state index contributed by atoms with van der Waals surface area (Å²) in [6.45, 7) is 1.96. The van der Waals surface area contributed by atoms with E-state index in [1.165, 1.54) is 0 Å². The number of carbonyl (C=O) groups excluding carboxylic acids is 1. The molecule has 2 nitrogen and oxygen atoms in total. The Morgan fingerprint density at radius 3 is 3.00 bits per heavy atom. The molecule has 1 aromatic heterocycles. The van der Waals surface area contributed by atoms with Gasteiger partial charge in [0, 0.05) is 23.0 Å². The van der Waals surface area contributed by atoms with Gasteiger partial charge in [-0.15, -0.1) is 0 Å². The lowest BCUT2D eigenvalue weighted by Crippen LogP contribution is -1.83. The SMILES string of the molecule is Cc1c(Cl)ccc2c(CC=O)c[nH]c12. The average molecular weight is 208 g/mol. The summed E-state index contributed by atoms with van der Waals surface area (Å²) >= 11 is 5.98. The number of nitrogens with one attached hydrogen (secondary N) is 1. The number of aromatic nitrogens is 1. The number of aldehydes is 1. The average Bonchev–Trinajstić information content (AvgIpc) is 2.57. The van der Waals surface area contributed by atoms with Gasteiger partial charge < -0.3 is 9.78 Å². The molecule has 1 aromatic carbocycles. The lowest BCUT2D eigenvalue weighted by Gasteiger charge is -1.99. The maximum Gasteiger partial charge on any atom is 0.124 e. The predicted octanol–water partition coefficient (Wildman–Crippen LogP) is 2.87. The Bertz CT molecular complexity index is 487. The van der Waals surface area contributed by atoms with Crippen LogP contribution in [0, 0.1) is 6.92 Å². The topological polar surface area (TPSA) is 32.9 Å². The summed E-state index contributed by atoms with van der Waals surface area (Å²) in [6.07, 6.45) is 3.22. The minimum absolute atomic E-state index is 0.446. The van der Waals surface area contributed by atoms with Gasteiger partial charge in [0.05, 0.1) is 5.52 Å². The van der Waals surface area contributed by atoms with Crippen LogP contribution in [0.25, 0.3) is 10.9 Å².